The van der Waals surface area contributed by atoms with Crippen molar-refractivity contribution in [3.8, 4) is 0 Å². The zero-order chi connectivity index (χ0) is 19.2. The summed E-state index contributed by atoms with van der Waals surface area (Å²) in [6.07, 6.45) is 4.75. The van der Waals surface area contributed by atoms with Crippen molar-refractivity contribution < 1.29 is 13.2 Å². The second kappa shape index (κ2) is 6.87. The van der Waals surface area contributed by atoms with Gasteiger partial charge < -0.3 is 10.2 Å². The summed E-state index contributed by atoms with van der Waals surface area (Å²) in [5.41, 5.74) is 0.772. The maximum atomic E-state index is 13.2. The normalized spacial score (nSPS) is 26.1. The van der Waals surface area contributed by atoms with Crippen molar-refractivity contribution in [3.63, 3.8) is 0 Å². The Kier molecular flexibility index (Phi) is 4.81. The molecule has 27 heavy (non-hydrogen) atoms. The van der Waals surface area contributed by atoms with E-state index in [1.165, 1.54) is 19.3 Å². The van der Waals surface area contributed by atoms with Crippen LogP contribution in [0.3, 0.4) is 0 Å². The lowest BCUT2D eigenvalue weighted by Crippen LogP contribution is -2.36. The molecule has 1 amide bonds. The van der Waals surface area contributed by atoms with Crippen LogP contribution in [0.1, 0.15) is 45.1 Å². The molecular weight excluding hydrogens is 362 g/mol. The van der Waals surface area contributed by atoms with E-state index in [0.29, 0.717) is 29.6 Å². The van der Waals surface area contributed by atoms with Crippen LogP contribution in [0.5, 0.6) is 0 Å². The molecule has 0 bridgehead atoms. The van der Waals surface area contributed by atoms with E-state index in [-0.39, 0.29) is 5.91 Å². The number of rotatable bonds is 4. The highest BCUT2D eigenvalue weighted by Crippen LogP contribution is 2.39. The van der Waals surface area contributed by atoms with Crippen molar-refractivity contribution in [2.45, 2.75) is 49.8 Å². The summed E-state index contributed by atoms with van der Waals surface area (Å²) >= 11 is 0. The van der Waals surface area contributed by atoms with Crippen LogP contribution < -0.4 is 5.32 Å². The lowest BCUT2D eigenvalue weighted by molar-refractivity contribution is -0.119. The van der Waals surface area contributed by atoms with Crippen LogP contribution in [-0.4, -0.2) is 56.3 Å². The third-order valence-corrected chi connectivity index (χ3v) is 8.19. The number of fused-ring (bicyclic) bond motifs is 1. The van der Waals surface area contributed by atoms with Gasteiger partial charge in [-0.2, -0.15) is 4.31 Å². The van der Waals surface area contributed by atoms with E-state index in [4.69, 9.17) is 0 Å². The molecule has 0 saturated carbocycles. The number of likely N-dealkylation sites (tertiary alicyclic amines) is 1. The molecule has 1 atom stereocenters. The molecule has 0 radical (unpaired) electrons. The first-order valence-electron chi connectivity index (χ1n) is 9.97. The minimum Gasteiger partial charge on any atom is -0.325 e. The highest BCUT2D eigenvalue weighted by molar-refractivity contribution is 7.89. The van der Waals surface area contributed by atoms with Gasteiger partial charge in [-0.1, -0.05) is 6.42 Å². The van der Waals surface area contributed by atoms with Gasteiger partial charge in [0, 0.05) is 25.3 Å². The number of anilines is 1. The van der Waals surface area contributed by atoms with E-state index in [2.05, 4.69) is 10.2 Å². The third-order valence-electron chi connectivity index (χ3n) is 6.33. The number of nitrogens with one attached hydrogen (secondary N) is 1. The van der Waals surface area contributed by atoms with E-state index in [9.17, 15) is 13.2 Å². The summed E-state index contributed by atoms with van der Waals surface area (Å²) in [5, 5.41) is 2.84. The quantitative estimate of drug-likeness (QED) is 0.856. The monoisotopic (exact) mass is 391 g/mol. The molecule has 1 aromatic carbocycles. The molecule has 1 unspecified atom stereocenters. The molecule has 7 heteroatoms. The van der Waals surface area contributed by atoms with Gasteiger partial charge in [-0.15, -0.1) is 0 Å². The number of hydrogen-bond donors (Lipinski definition) is 1. The maximum Gasteiger partial charge on any atom is 0.243 e. The van der Waals surface area contributed by atoms with Crippen LogP contribution in [-0.2, 0) is 20.2 Å². The molecule has 3 aliphatic heterocycles. The molecule has 148 valence electrons. The molecule has 0 aliphatic carbocycles. The molecular formula is C20H29N3O3S. The smallest absolute Gasteiger partial charge is 0.243 e. The topological polar surface area (TPSA) is 69.7 Å². The minimum absolute atomic E-state index is 0.0881. The molecule has 0 spiro atoms. The molecule has 1 aromatic rings. The molecule has 6 nitrogen and oxygen atoms in total. The van der Waals surface area contributed by atoms with E-state index >= 15 is 0 Å². The Morgan fingerprint density at radius 3 is 2.63 bits per heavy atom. The average molecular weight is 392 g/mol. The number of piperidine rings is 1. The number of benzene rings is 1. The van der Waals surface area contributed by atoms with Gasteiger partial charge in [0.25, 0.3) is 0 Å². The van der Waals surface area contributed by atoms with Gasteiger partial charge in [-0.3, -0.25) is 4.79 Å². The van der Waals surface area contributed by atoms with Crippen molar-refractivity contribution in [1.29, 1.82) is 0 Å². The number of nitrogens with zero attached hydrogens (tertiary/aromatic N) is 2. The predicted molar refractivity (Wildman–Crippen MR) is 105 cm³/mol. The Bertz CT molecular complexity index is 844. The second-order valence-electron chi connectivity index (χ2n) is 8.67. The molecule has 4 rings (SSSR count). The van der Waals surface area contributed by atoms with E-state index < -0.39 is 15.4 Å². The van der Waals surface area contributed by atoms with Crippen molar-refractivity contribution in [2.24, 2.45) is 5.92 Å². The Balaban J connectivity index is 1.50. The predicted octanol–water partition coefficient (Wildman–Crippen LogP) is 2.41. The standard InChI is InChI=1S/C20H29N3O3S/c1-20(2)17-12-16(6-7-18(17)21-19(20)24)27(25,26)23-11-8-15(14-23)13-22-9-4-3-5-10-22/h6-7,12,15H,3-5,8-11,13-14H2,1-2H3,(H,21,24). The van der Waals surface area contributed by atoms with E-state index in [1.54, 1.807) is 22.5 Å². The fraction of sp³-hybridized carbons (Fsp3) is 0.650. The molecule has 3 aliphatic rings. The molecule has 1 N–H and O–H groups in total. The van der Waals surface area contributed by atoms with E-state index in [0.717, 1.165) is 31.6 Å². The van der Waals surface area contributed by atoms with Crippen molar-refractivity contribution in [1.82, 2.24) is 9.21 Å². The zero-order valence-electron chi connectivity index (χ0n) is 16.2. The maximum absolute atomic E-state index is 13.2. The van der Waals surface area contributed by atoms with E-state index in [1.807, 2.05) is 13.8 Å². The summed E-state index contributed by atoms with van der Waals surface area (Å²) in [4.78, 5) is 14.9. The first-order chi connectivity index (χ1) is 12.8. The number of carbonyl (C=O) groups excluding carboxylic acids is 1. The number of hydrogen-bond acceptors (Lipinski definition) is 4. The number of amides is 1. The Morgan fingerprint density at radius 2 is 1.89 bits per heavy atom. The van der Waals surface area contributed by atoms with Crippen LogP contribution in [0, 0.1) is 5.92 Å². The summed E-state index contributed by atoms with van der Waals surface area (Å²) in [7, 11) is -3.53. The Hall–Kier alpha value is -1.44. The summed E-state index contributed by atoms with van der Waals surface area (Å²) in [5.74, 6) is 0.321. The van der Waals surface area contributed by atoms with Crippen LogP contribution >= 0.6 is 0 Å². The summed E-state index contributed by atoms with van der Waals surface area (Å²) in [6.45, 7) is 8.12. The summed E-state index contributed by atoms with van der Waals surface area (Å²) in [6, 6.07) is 5.02. The number of carbonyl (C=O) groups is 1. The summed E-state index contributed by atoms with van der Waals surface area (Å²) < 4.78 is 28.0. The average Bonchev–Trinajstić information content (AvgIpc) is 3.19. The highest BCUT2D eigenvalue weighted by Gasteiger charge is 2.40. The van der Waals surface area contributed by atoms with Gasteiger partial charge in [0.2, 0.25) is 15.9 Å². The van der Waals surface area contributed by atoms with Gasteiger partial charge in [-0.25, -0.2) is 8.42 Å². The fourth-order valence-corrected chi connectivity index (χ4v) is 6.09. The van der Waals surface area contributed by atoms with Crippen LogP contribution in [0.25, 0.3) is 0 Å². The van der Waals surface area contributed by atoms with Gasteiger partial charge in [0.05, 0.1) is 10.3 Å². The molecule has 0 aromatic heterocycles. The minimum atomic E-state index is -3.53. The van der Waals surface area contributed by atoms with Gasteiger partial charge >= 0.3 is 0 Å². The zero-order valence-corrected chi connectivity index (χ0v) is 17.0. The SMILES string of the molecule is CC1(C)C(=O)Nc2ccc(S(=O)(=O)N3CCC(CN4CCCCC4)C3)cc21. The van der Waals surface area contributed by atoms with Crippen LogP contribution in [0.4, 0.5) is 5.69 Å². The van der Waals surface area contributed by atoms with Crippen LogP contribution in [0.15, 0.2) is 23.1 Å². The third kappa shape index (κ3) is 3.41. The van der Waals surface area contributed by atoms with Gasteiger partial charge in [0.15, 0.2) is 0 Å². The van der Waals surface area contributed by atoms with Gasteiger partial charge in [0.1, 0.15) is 0 Å². The first-order valence-corrected chi connectivity index (χ1v) is 11.4. The fourth-order valence-electron chi connectivity index (χ4n) is 4.53. The van der Waals surface area contributed by atoms with Crippen molar-refractivity contribution in [2.75, 3.05) is 38.0 Å². The van der Waals surface area contributed by atoms with Crippen molar-refractivity contribution >= 4 is 21.6 Å². The number of sulfonamides is 1. The largest absolute Gasteiger partial charge is 0.325 e. The Morgan fingerprint density at radius 1 is 1.15 bits per heavy atom. The second-order valence-corrected chi connectivity index (χ2v) is 10.6. The molecule has 2 saturated heterocycles. The van der Waals surface area contributed by atoms with Gasteiger partial charge in [-0.05, 0) is 75.9 Å². The van der Waals surface area contributed by atoms with Crippen LogP contribution in [0.2, 0.25) is 0 Å². The lowest BCUT2D eigenvalue weighted by Gasteiger charge is -2.29. The Labute approximate surface area is 162 Å². The highest BCUT2D eigenvalue weighted by atomic mass is 32.2. The molecule has 3 heterocycles. The van der Waals surface area contributed by atoms with Crippen molar-refractivity contribution in [3.05, 3.63) is 23.8 Å². The lowest BCUT2D eigenvalue weighted by atomic mass is 9.86. The first kappa shape index (κ1) is 18.9. The molecule has 2 fully saturated rings.